The highest BCUT2D eigenvalue weighted by atomic mass is 79.9. The lowest BCUT2D eigenvalue weighted by Gasteiger charge is -2.32. The number of anilines is 1. The van der Waals surface area contributed by atoms with E-state index in [1.165, 1.54) is 16.8 Å². The van der Waals surface area contributed by atoms with Crippen molar-refractivity contribution in [1.29, 1.82) is 0 Å². The van der Waals surface area contributed by atoms with Crippen LogP contribution < -0.4 is 10.2 Å². The van der Waals surface area contributed by atoms with Crippen molar-refractivity contribution in [3.8, 4) is 0 Å². The Morgan fingerprint density at radius 2 is 1.95 bits per heavy atom. The molecular weight excluding hydrogens is 324 g/mol. The van der Waals surface area contributed by atoms with Gasteiger partial charge in [-0.1, -0.05) is 46.3 Å². The van der Waals surface area contributed by atoms with Gasteiger partial charge in [0.2, 0.25) is 0 Å². The molecule has 1 heterocycles. The maximum Gasteiger partial charge on any atom is 0.0430 e. The first kappa shape index (κ1) is 14.6. The first-order chi connectivity index (χ1) is 10.0. The quantitative estimate of drug-likeness (QED) is 0.871. The summed E-state index contributed by atoms with van der Waals surface area (Å²) < 4.78 is 1.14. The third kappa shape index (κ3) is 3.47. The van der Waals surface area contributed by atoms with E-state index < -0.39 is 0 Å². The second kappa shape index (κ2) is 5.82. The number of halogens is 1. The number of hydrogen-bond donors (Lipinski definition) is 1. The predicted molar refractivity (Wildman–Crippen MR) is 92.6 cm³/mol. The Morgan fingerprint density at radius 3 is 2.76 bits per heavy atom. The molecule has 1 aliphatic heterocycles. The molecule has 0 bridgehead atoms. The van der Waals surface area contributed by atoms with Crippen LogP contribution in [0.2, 0.25) is 0 Å². The monoisotopic (exact) mass is 344 g/mol. The SMILES string of the molecule is CC1(C)CN(Cc2cccc(Br)c2)c2ccccc2CN1. The van der Waals surface area contributed by atoms with Gasteiger partial charge in [-0.15, -0.1) is 0 Å². The van der Waals surface area contributed by atoms with Crippen molar-refractivity contribution >= 4 is 21.6 Å². The zero-order valence-corrected chi connectivity index (χ0v) is 14.2. The Labute approximate surface area is 135 Å². The number of benzene rings is 2. The maximum atomic E-state index is 3.65. The van der Waals surface area contributed by atoms with Gasteiger partial charge >= 0.3 is 0 Å². The molecule has 0 spiro atoms. The van der Waals surface area contributed by atoms with Crippen LogP contribution in [0.5, 0.6) is 0 Å². The molecule has 1 aliphatic rings. The number of rotatable bonds is 2. The van der Waals surface area contributed by atoms with Crippen molar-refractivity contribution in [3.63, 3.8) is 0 Å². The molecule has 1 N–H and O–H groups in total. The van der Waals surface area contributed by atoms with Crippen LogP contribution in [0, 0.1) is 0 Å². The molecule has 0 radical (unpaired) electrons. The summed E-state index contributed by atoms with van der Waals surface area (Å²) in [4.78, 5) is 2.48. The zero-order valence-electron chi connectivity index (χ0n) is 12.6. The van der Waals surface area contributed by atoms with Gasteiger partial charge in [-0.2, -0.15) is 0 Å². The average molecular weight is 345 g/mol. The largest absolute Gasteiger partial charge is 0.365 e. The molecule has 0 saturated heterocycles. The van der Waals surface area contributed by atoms with Crippen molar-refractivity contribution in [3.05, 3.63) is 64.1 Å². The summed E-state index contributed by atoms with van der Waals surface area (Å²) in [6.07, 6.45) is 0. The smallest absolute Gasteiger partial charge is 0.0430 e. The number of nitrogens with one attached hydrogen (secondary N) is 1. The van der Waals surface area contributed by atoms with E-state index in [1.807, 2.05) is 0 Å². The van der Waals surface area contributed by atoms with Gasteiger partial charge in [0.15, 0.2) is 0 Å². The van der Waals surface area contributed by atoms with E-state index in [1.54, 1.807) is 0 Å². The summed E-state index contributed by atoms with van der Waals surface area (Å²) in [5.41, 5.74) is 4.15. The highest BCUT2D eigenvalue weighted by Crippen LogP contribution is 2.28. The molecule has 2 aromatic carbocycles. The van der Waals surface area contributed by atoms with Crippen LogP contribution >= 0.6 is 15.9 Å². The molecule has 21 heavy (non-hydrogen) atoms. The van der Waals surface area contributed by atoms with E-state index in [9.17, 15) is 0 Å². The van der Waals surface area contributed by atoms with E-state index in [4.69, 9.17) is 0 Å². The van der Waals surface area contributed by atoms with Gasteiger partial charge in [-0.05, 0) is 43.2 Å². The molecule has 0 unspecified atom stereocenters. The highest BCUT2D eigenvalue weighted by Gasteiger charge is 2.26. The zero-order chi connectivity index (χ0) is 14.9. The van der Waals surface area contributed by atoms with Gasteiger partial charge in [0, 0.05) is 35.3 Å². The van der Waals surface area contributed by atoms with E-state index >= 15 is 0 Å². The Balaban J connectivity index is 1.94. The first-order valence-corrected chi connectivity index (χ1v) is 8.15. The number of fused-ring (bicyclic) bond motifs is 1. The van der Waals surface area contributed by atoms with Gasteiger partial charge in [-0.25, -0.2) is 0 Å². The Bertz CT molecular complexity index is 637. The summed E-state index contributed by atoms with van der Waals surface area (Å²) in [6.45, 7) is 7.40. The van der Waals surface area contributed by atoms with Gasteiger partial charge in [0.1, 0.15) is 0 Å². The highest BCUT2D eigenvalue weighted by molar-refractivity contribution is 9.10. The maximum absolute atomic E-state index is 3.65. The Kier molecular flexibility index (Phi) is 4.05. The molecular formula is C18H21BrN2. The van der Waals surface area contributed by atoms with Crippen molar-refractivity contribution in [2.45, 2.75) is 32.5 Å². The van der Waals surface area contributed by atoms with Crippen LogP contribution in [0.4, 0.5) is 5.69 Å². The minimum atomic E-state index is 0.102. The molecule has 0 aliphatic carbocycles. The van der Waals surface area contributed by atoms with Crippen LogP contribution in [0.3, 0.4) is 0 Å². The average Bonchev–Trinajstić information content (AvgIpc) is 2.56. The number of nitrogens with zero attached hydrogens (tertiary/aromatic N) is 1. The normalized spacial score (nSPS) is 17.2. The van der Waals surface area contributed by atoms with Crippen molar-refractivity contribution in [2.24, 2.45) is 0 Å². The van der Waals surface area contributed by atoms with Crippen LogP contribution in [0.25, 0.3) is 0 Å². The third-order valence-corrected chi connectivity index (χ3v) is 4.43. The second-order valence-electron chi connectivity index (χ2n) is 6.35. The first-order valence-electron chi connectivity index (χ1n) is 7.36. The standard InChI is InChI=1S/C18H21BrN2/c1-18(2)13-21(12-14-6-5-8-16(19)10-14)17-9-4-3-7-15(17)11-20-18/h3-10,20H,11-13H2,1-2H3. The predicted octanol–water partition coefficient (Wildman–Crippen LogP) is 4.34. The third-order valence-electron chi connectivity index (χ3n) is 3.94. The number of para-hydroxylation sites is 1. The topological polar surface area (TPSA) is 15.3 Å². The summed E-state index contributed by atoms with van der Waals surface area (Å²) in [5.74, 6) is 0. The molecule has 0 amide bonds. The summed E-state index contributed by atoms with van der Waals surface area (Å²) >= 11 is 3.57. The molecule has 110 valence electrons. The van der Waals surface area contributed by atoms with Gasteiger partial charge in [0.25, 0.3) is 0 Å². The lowest BCUT2D eigenvalue weighted by atomic mass is 10.0. The molecule has 0 aromatic heterocycles. The Hall–Kier alpha value is -1.32. The van der Waals surface area contributed by atoms with Gasteiger partial charge in [0.05, 0.1) is 0 Å². The lowest BCUT2D eigenvalue weighted by Crippen LogP contribution is -2.46. The van der Waals surface area contributed by atoms with Crippen LogP contribution in [0.1, 0.15) is 25.0 Å². The lowest BCUT2D eigenvalue weighted by molar-refractivity contribution is 0.395. The molecule has 3 rings (SSSR count). The van der Waals surface area contributed by atoms with Crippen molar-refractivity contribution < 1.29 is 0 Å². The van der Waals surface area contributed by atoms with Crippen LogP contribution in [-0.4, -0.2) is 12.1 Å². The van der Waals surface area contributed by atoms with E-state index in [0.29, 0.717) is 0 Å². The van der Waals surface area contributed by atoms with Crippen LogP contribution in [-0.2, 0) is 13.1 Å². The summed E-state index contributed by atoms with van der Waals surface area (Å²) in [5, 5.41) is 3.65. The fourth-order valence-corrected chi connectivity index (χ4v) is 3.36. The fraction of sp³-hybridized carbons (Fsp3) is 0.333. The summed E-state index contributed by atoms with van der Waals surface area (Å²) in [6, 6.07) is 17.3. The van der Waals surface area contributed by atoms with Crippen molar-refractivity contribution in [2.75, 3.05) is 11.4 Å². The van der Waals surface area contributed by atoms with Gasteiger partial charge < -0.3 is 10.2 Å². The molecule has 2 nitrogen and oxygen atoms in total. The molecule has 0 atom stereocenters. The summed E-state index contributed by atoms with van der Waals surface area (Å²) in [7, 11) is 0. The second-order valence-corrected chi connectivity index (χ2v) is 7.27. The molecule has 2 aromatic rings. The molecule has 3 heteroatoms. The minimum Gasteiger partial charge on any atom is -0.365 e. The molecule has 0 fully saturated rings. The van der Waals surface area contributed by atoms with Crippen molar-refractivity contribution in [1.82, 2.24) is 5.32 Å². The van der Waals surface area contributed by atoms with Gasteiger partial charge in [-0.3, -0.25) is 0 Å². The number of hydrogen-bond acceptors (Lipinski definition) is 2. The van der Waals surface area contributed by atoms with Crippen LogP contribution in [0.15, 0.2) is 53.0 Å². The minimum absolute atomic E-state index is 0.102. The molecule has 0 saturated carbocycles. The van der Waals surface area contributed by atoms with E-state index in [0.717, 1.165) is 24.1 Å². The van der Waals surface area contributed by atoms with E-state index in [-0.39, 0.29) is 5.54 Å². The van der Waals surface area contributed by atoms with E-state index in [2.05, 4.69) is 88.5 Å². The fourth-order valence-electron chi connectivity index (χ4n) is 2.92. The Morgan fingerprint density at radius 1 is 1.14 bits per heavy atom.